The van der Waals surface area contributed by atoms with Crippen LogP contribution in [-0.2, 0) is 4.79 Å². The van der Waals surface area contributed by atoms with E-state index in [0.717, 1.165) is 5.56 Å². The number of nitrogens with one attached hydrogen (secondary N) is 1. The van der Waals surface area contributed by atoms with Gasteiger partial charge in [-0.15, -0.1) is 11.8 Å². The molecule has 1 saturated heterocycles. The second-order valence-electron chi connectivity index (χ2n) is 7.47. The summed E-state index contributed by atoms with van der Waals surface area (Å²) in [6.45, 7) is 13.0. The van der Waals surface area contributed by atoms with E-state index in [4.69, 9.17) is 0 Å². The van der Waals surface area contributed by atoms with Crippen LogP contribution >= 0.6 is 11.8 Å². The van der Waals surface area contributed by atoms with Gasteiger partial charge in [0.05, 0.1) is 5.25 Å². The molecule has 0 radical (unpaired) electrons. The van der Waals surface area contributed by atoms with Crippen molar-refractivity contribution in [2.45, 2.75) is 64.2 Å². The summed E-state index contributed by atoms with van der Waals surface area (Å²) in [6.07, 6.45) is 0. The van der Waals surface area contributed by atoms with Crippen LogP contribution in [0.4, 0.5) is 4.79 Å². The Hall–Kier alpha value is -1.69. The van der Waals surface area contributed by atoms with Crippen molar-refractivity contribution in [3.63, 3.8) is 0 Å². The summed E-state index contributed by atoms with van der Waals surface area (Å²) in [6, 6.07) is 8.41. The van der Waals surface area contributed by atoms with Gasteiger partial charge in [0.2, 0.25) is 5.91 Å². The van der Waals surface area contributed by atoms with Crippen LogP contribution in [0.25, 0.3) is 0 Å². The first-order chi connectivity index (χ1) is 12.2. The Labute approximate surface area is 161 Å². The summed E-state index contributed by atoms with van der Waals surface area (Å²) in [5.74, 6) is 0.148. The van der Waals surface area contributed by atoms with Crippen LogP contribution in [0, 0.1) is 6.92 Å². The van der Waals surface area contributed by atoms with Crippen LogP contribution in [0.2, 0.25) is 0 Å². The molecule has 144 valence electrons. The predicted octanol–water partition coefficient (Wildman–Crippen LogP) is 3.79. The first kappa shape index (κ1) is 20.6. The van der Waals surface area contributed by atoms with Crippen molar-refractivity contribution in [2.75, 3.05) is 13.1 Å². The van der Waals surface area contributed by atoms with E-state index in [1.807, 2.05) is 45.6 Å². The summed E-state index contributed by atoms with van der Waals surface area (Å²) in [4.78, 5) is 28.9. The highest BCUT2D eigenvalue weighted by atomic mass is 32.2. The minimum atomic E-state index is -0.0746. The molecule has 0 aromatic heterocycles. The minimum absolute atomic E-state index is 0.0135. The van der Waals surface area contributed by atoms with Gasteiger partial charge in [-0.25, -0.2) is 4.79 Å². The van der Waals surface area contributed by atoms with Crippen LogP contribution in [0.1, 0.15) is 51.1 Å². The van der Waals surface area contributed by atoms with Gasteiger partial charge in [-0.2, -0.15) is 0 Å². The molecule has 1 aromatic rings. The Kier molecular flexibility index (Phi) is 6.98. The highest BCUT2D eigenvalue weighted by Crippen LogP contribution is 2.42. The average molecular weight is 378 g/mol. The zero-order chi connectivity index (χ0) is 19.4. The molecule has 3 amide bonds. The van der Waals surface area contributed by atoms with Crippen molar-refractivity contribution < 1.29 is 9.59 Å². The Bertz CT molecular complexity index is 648. The lowest BCUT2D eigenvalue weighted by molar-refractivity contribution is -0.130. The second kappa shape index (κ2) is 8.80. The number of amides is 3. The second-order valence-corrected chi connectivity index (χ2v) is 8.89. The maximum absolute atomic E-state index is 12.7. The number of benzene rings is 1. The minimum Gasteiger partial charge on any atom is -0.336 e. The SMILES string of the molecule is Cc1cccc([C@@H]2S[C@@H](C)C(=O)N2CCN(C(=O)NC(C)C)C(C)C)c1. The number of nitrogens with zero attached hydrogens (tertiary/aromatic N) is 2. The third kappa shape index (κ3) is 4.93. The average Bonchev–Trinajstić information content (AvgIpc) is 2.82. The van der Waals surface area contributed by atoms with E-state index in [1.54, 1.807) is 16.7 Å². The molecule has 0 aliphatic carbocycles. The van der Waals surface area contributed by atoms with Gasteiger partial charge in [-0.05, 0) is 47.1 Å². The summed E-state index contributed by atoms with van der Waals surface area (Å²) in [5, 5.41) is 2.90. The molecular weight excluding hydrogens is 346 g/mol. The van der Waals surface area contributed by atoms with E-state index >= 15 is 0 Å². The van der Waals surface area contributed by atoms with Crippen molar-refractivity contribution in [2.24, 2.45) is 0 Å². The van der Waals surface area contributed by atoms with E-state index in [2.05, 4.69) is 30.4 Å². The zero-order valence-corrected chi connectivity index (χ0v) is 17.5. The van der Waals surface area contributed by atoms with Gasteiger partial charge in [-0.1, -0.05) is 29.8 Å². The Morgan fingerprint density at radius 2 is 2.00 bits per heavy atom. The van der Waals surface area contributed by atoms with E-state index < -0.39 is 0 Å². The van der Waals surface area contributed by atoms with Crippen molar-refractivity contribution in [3.05, 3.63) is 35.4 Å². The lowest BCUT2D eigenvalue weighted by Crippen LogP contribution is -2.49. The summed E-state index contributed by atoms with van der Waals surface area (Å²) < 4.78 is 0. The number of aryl methyl sites for hydroxylation is 1. The highest BCUT2D eigenvalue weighted by molar-refractivity contribution is 8.01. The fourth-order valence-electron chi connectivity index (χ4n) is 3.12. The van der Waals surface area contributed by atoms with E-state index in [0.29, 0.717) is 13.1 Å². The summed E-state index contributed by atoms with van der Waals surface area (Å²) in [7, 11) is 0. The number of rotatable bonds is 6. The van der Waals surface area contributed by atoms with E-state index in [1.165, 1.54) is 5.56 Å². The lowest BCUT2D eigenvalue weighted by Gasteiger charge is -2.31. The Morgan fingerprint density at radius 1 is 1.31 bits per heavy atom. The van der Waals surface area contributed by atoms with Gasteiger partial charge in [0, 0.05) is 25.2 Å². The number of hydrogen-bond acceptors (Lipinski definition) is 3. The van der Waals surface area contributed by atoms with Crippen LogP contribution < -0.4 is 5.32 Å². The molecule has 0 saturated carbocycles. The largest absolute Gasteiger partial charge is 0.336 e. The van der Waals surface area contributed by atoms with E-state index in [9.17, 15) is 9.59 Å². The molecule has 2 rings (SSSR count). The van der Waals surface area contributed by atoms with Crippen molar-refractivity contribution in [3.8, 4) is 0 Å². The number of hydrogen-bond donors (Lipinski definition) is 1. The fraction of sp³-hybridized carbons (Fsp3) is 0.600. The number of thioether (sulfide) groups is 1. The maximum atomic E-state index is 12.7. The molecule has 0 spiro atoms. The standard InChI is InChI=1S/C20H31N3O2S/c1-13(2)21-20(25)22(14(3)4)10-11-23-18(24)16(6)26-19(23)17-9-7-8-15(5)12-17/h7-9,12-14,16,19H,10-11H2,1-6H3,(H,21,25)/t16-,19-/m0/s1. The monoisotopic (exact) mass is 377 g/mol. The third-order valence-corrected chi connectivity index (χ3v) is 5.85. The predicted molar refractivity (Wildman–Crippen MR) is 108 cm³/mol. The van der Waals surface area contributed by atoms with Crippen molar-refractivity contribution in [1.82, 2.24) is 15.1 Å². The van der Waals surface area contributed by atoms with Gasteiger partial charge in [0.25, 0.3) is 0 Å². The molecule has 1 aliphatic rings. The van der Waals surface area contributed by atoms with Crippen LogP contribution in [-0.4, -0.2) is 52.2 Å². The molecule has 1 heterocycles. The summed E-state index contributed by atoms with van der Waals surface area (Å²) >= 11 is 1.68. The van der Waals surface area contributed by atoms with Gasteiger partial charge in [-0.3, -0.25) is 4.79 Å². The number of urea groups is 1. The summed E-state index contributed by atoms with van der Waals surface area (Å²) in [5.41, 5.74) is 2.34. The normalized spacial score (nSPS) is 20.2. The Balaban J connectivity index is 2.13. The van der Waals surface area contributed by atoms with Crippen LogP contribution in [0.15, 0.2) is 24.3 Å². The van der Waals surface area contributed by atoms with E-state index in [-0.39, 0.29) is 34.6 Å². The first-order valence-electron chi connectivity index (χ1n) is 9.30. The van der Waals surface area contributed by atoms with Crippen LogP contribution in [0.5, 0.6) is 0 Å². The third-order valence-electron chi connectivity index (χ3n) is 4.45. The molecule has 0 bridgehead atoms. The topological polar surface area (TPSA) is 52.7 Å². The highest BCUT2D eigenvalue weighted by Gasteiger charge is 2.38. The van der Waals surface area contributed by atoms with Gasteiger partial charge < -0.3 is 15.1 Å². The molecule has 1 N–H and O–H groups in total. The smallest absolute Gasteiger partial charge is 0.317 e. The fourth-order valence-corrected chi connectivity index (χ4v) is 4.42. The molecule has 1 aromatic carbocycles. The van der Waals surface area contributed by atoms with Crippen molar-refractivity contribution >= 4 is 23.7 Å². The first-order valence-corrected chi connectivity index (χ1v) is 10.2. The quantitative estimate of drug-likeness (QED) is 0.821. The molecule has 2 atom stereocenters. The molecule has 1 fully saturated rings. The number of carbonyl (C=O) groups is 2. The van der Waals surface area contributed by atoms with Gasteiger partial charge >= 0.3 is 6.03 Å². The maximum Gasteiger partial charge on any atom is 0.317 e. The molecule has 26 heavy (non-hydrogen) atoms. The van der Waals surface area contributed by atoms with Crippen LogP contribution in [0.3, 0.4) is 0 Å². The zero-order valence-electron chi connectivity index (χ0n) is 16.7. The molecular formula is C20H31N3O2S. The molecule has 1 aliphatic heterocycles. The van der Waals surface area contributed by atoms with Crippen molar-refractivity contribution in [1.29, 1.82) is 0 Å². The lowest BCUT2D eigenvalue weighted by atomic mass is 10.1. The number of carbonyl (C=O) groups excluding carboxylic acids is 2. The van der Waals surface area contributed by atoms with Gasteiger partial charge in [0.1, 0.15) is 5.37 Å². The Morgan fingerprint density at radius 3 is 2.58 bits per heavy atom. The van der Waals surface area contributed by atoms with Gasteiger partial charge in [0.15, 0.2) is 0 Å². The molecule has 0 unspecified atom stereocenters. The molecule has 5 nitrogen and oxygen atoms in total. The molecule has 6 heteroatoms.